The molecule has 58 heavy (non-hydrogen) atoms. The number of halogens is 3. The minimum Gasteiger partial charge on any atom is -0.371 e. The summed E-state index contributed by atoms with van der Waals surface area (Å²) in [6.07, 6.45) is 1.81. The summed E-state index contributed by atoms with van der Waals surface area (Å²) in [5.74, 6) is -1.57. The van der Waals surface area contributed by atoms with Crippen LogP contribution in [0.2, 0.25) is 0 Å². The van der Waals surface area contributed by atoms with E-state index in [2.05, 4.69) is 52.7 Å². The molecule has 20 heteroatoms. The molecule has 2 aromatic heterocycles. The fraction of sp³-hybridized carbons (Fsp3) is 0.395. The Bertz CT molecular complexity index is 2320. The molecule has 0 saturated carbocycles. The summed E-state index contributed by atoms with van der Waals surface area (Å²) in [7, 11) is -0.369. The number of piperidine rings is 2. The largest absolute Gasteiger partial charge is 0.421 e. The van der Waals surface area contributed by atoms with Gasteiger partial charge in [0.05, 0.1) is 12.8 Å². The lowest BCUT2D eigenvalue weighted by Gasteiger charge is -2.38. The van der Waals surface area contributed by atoms with Gasteiger partial charge in [0, 0.05) is 81.2 Å². The van der Waals surface area contributed by atoms with Crippen LogP contribution in [0.3, 0.4) is 0 Å². The third-order valence-corrected chi connectivity index (χ3v) is 11.8. The highest BCUT2D eigenvalue weighted by molar-refractivity contribution is 7.92. The number of amides is 3. The van der Waals surface area contributed by atoms with E-state index in [1.54, 1.807) is 17.0 Å². The quantitative estimate of drug-likeness (QED) is 0.175. The van der Waals surface area contributed by atoms with Crippen molar-refractivity contribution in [2.24, 2.45) is 0 Å². The van der Waals surface area contributed by atoms with Crippen molar-refractivity contribution in [3.63, 3.8) is 0 Å². The van der Waals surface area contributed by atoms with E-state index in [1.165, 1.54) is 19.4 Å². The van der Waals surface area contributed by atoms with Crippen molar-refractivity contribution in [3.05, 3.63) is 89.0 Å². The number of nitrogens with zero attached hydrogens (tertiary/aromatic N) is 8. The van der Waals surface area contributed by atoms with E-state index in [0.717, 1.165) is 53.3 Å². The first-order valence-corrected chi connectivity index (χ1v) is 20.4. The number of fused-ring (bicyclic) bond motifs is 1. The maximum Gasteiger partial charge on any atom is 0.421 e. The number of alkyl halides is 3. The number of aromatic nitrogens is 4. The number of benzene rings is 2. The lowest BCUT2D eigenvalue weighted by atomic mass is 10.0. The Kier molecular flexibility index (Phi) is 11.2. The number of rotatable bonds is 12. The Morgan fingerprint density at radius 1 is 0.966 bits per heavy atom. The number of hydrogen-bond acceptors (Lipinski definition) is 13. The van der Waals surface area contributed by atoms with E-state index in [9.17, 15) is 36.0 Å². The second-order valence-electron chi connectivity index (χ2n) is 14.6. The Morgan fingerprint density at radius 3 is 2.38 bits per heavy atom. The fourth-order valence-electron chi connectivity index (χ4n) is 7.42. The van der Waals surface area contributed by atoms with Crippen LogP contribution in [0.1, 0.15) is 58.4 Å². The van der Waals surface area contributed by atoms with Crippen molar-refractivity contribution in [1.29, 1.82) is 0 Å². The first-order valence-electron chi connectivity index (χ1n) is 18.6. The molecule has 0 bridgehead atoms. The molecule has 306 valence electrons. The van der Waals surface area contributed by atoms with Crippen molar-refractivity contribution >= 4 is 56.7 Å². The predicted octanol–water partition coefficient (Wildman–Crippen LogP) is 3.90. The van der Waals surface area contributed by atoms with Crippen LogP contribution in [0.25, 0.3) is 0 Å². The van der Waals surface area contributed by atoms with Crippen LogP contribution in [0.15, 0.2) is 61.1 Å². The Labute approximate surface area is 332 Å². The van der Waals surface area contributed by atoms with Gasteiger partial charge in [0.1, 0.15) is 23.1 Å². The maximum atomic E-state index is 13.9. The highest BCUT2D eigenvalue weighted by Crippen LogP contribution is 2.35. The molecule has 5 heterocycles. The van der Waals surface area contributed by atoms with Gasteiger partial charge in [0.15, 0.2) is 5.82 Å². The van der Waals surface area contributed by atoms with Crippen LogP contribution in [0, 0.1) is 0 Å². The number of hydrogen-bond donors (Lipinski definition) is 3. The third kappa shape index (κ3) is 8.81. The van der Waals surface area contributed by atoms with Gasteiger partial charge in [0.25, 0.3) is 5.91 Å². The number of anilines is 5. The molecule has 0 aliphatic carbocycles. The minimum absolute atomic E-state index is 0.0358. The lowest BCUT2D eigenvalue weighted by Crippen LogP contribution is -2.52. The maximum absolute atomic E-state index is 13.9. The molecule has 3 N–H and O–H groups in total. The Morgan fingerprint density at radius 2 is 1.69 bits per heavy atom. The van der Waals surface area contributed by atoms with Crippen molar-refractivity contribution < 1.29 is 36.0 Å². The summed E-state index contributed by atoms with van der Waals surface area (Å²) in [5, 5.41) is 7.93. The van der Waals surface area contributed by atoms with E-state index < -0.39 is 39.5 Å². The van der Waals surface area contributed by atoms with Gasteiger partial charge in [-0.15, -0.1) is 0 Å². The second-order valence-corrected chi connectivity index (χ2v) is 16.6. The first kappa shape index (κ1) is 40.3. The van der Waals surface area contributed by atoms with Gasteiger partial charge < -0.3 is 20.4 Å². The zero-order valence-corrected chi connectivity index (χ0v) is 32.8. The van der Waals surface area contributed by atoms with Gasteiger partial charge in [-0.2, -0.15) is 18.2 Å². The minimum atomic E-state index is -4.77. The topological polar surface area (TPSA) is 186 Å². The molecular weight excluding hydrogens is 780 g/mol. The Hall–Kier alpha value is -5.89. The number of carbonyl (C=O) groups excluding carboxylic acids is 3. The number of carbonyl (C=O) groups is 3. The molecule has 16 nitrogen and oxygen atoms in total. The smallest absolute Gasteiger partial charge is 0.371 e. The van der Waals surface area contributed by atoms with Crippen LogP contribution in [0.4, 0.5) is 42.1 Å². The second kappa shape index (κ2) is 16.2. The molecular formula is C38H42F3N11O5S. The predicted molar refractivity (Wildman–Crippen MR) is 209 cm³/mol. The highest BCUT2D eigenvalue weighted by Gasteiger charge is 2.39. The van der Waals surface area contributed by atoms with Gasteiger partial charge in [-0.25, -0.2) is 18.4 Å². The summed E-state index contributed by atoms with van der Waals surface area (Å²) in [6.45, 7) is 2.29. The molecule has 1 unspecified atom stereocenters. The van der Waals surface area contributed by atoms with Crippen molar-refractivity contribution in [2.75, 3.05) is 53.3 Å². The van der Waals surface area contributed by atoms with Crippen LogP contribution in [-0.2, 0) is 45.4 Å². The van der Waals surface area contributed by atoms with E-state index in [4.69, 9.17) is 0 Å². The molecule has 1 atom stereocenters. The molecule has 2 saturated heterocycles. The van der Waals surface area contributed by atoms with E-state index >= 15 is 0 Å². The lowest BCUT2D eigenvalue weighted by molar-refractivity contribution is -0.138. The van der Waals surface area contributed by atoms with Crippen molar-refractivity contribution in [2.45, 2.75) is 63.6 Å². The molecule has 3 amide bonds. The average Bonchev–Trinajstić information content (AvgIpc) is 3.51. The molecule has 4 aromatic rings. The van der Waals surface area contributed by atoms with Crippen LogP contribution in [0.5, 0.6) is 0 Å². The zero-order valence-electron chi connectivity index (χ0n) is 32.0. The van der Waals surface area contributed by atoms with E-state index in [1.807, 2.05) is 30.3 Å². The van der Waals surface area contributed by atoms with Crippen molar-refractivity contribution in [1.82, 2.24) is 35.1 Å². The SMILES string of the molecule is CN(Cc1ccc2c(c1)C(=O)N(C1CCC(=O)NC1=O)C2)C1CCN(c2ccc(Nc3ncc(C(F)(F)F)c(NCc4nccnc4N(C)S(C)(=O)=O)n3)cc2)CC1. The van der Waals surface area contributed by atoms with Gasteiger partial charge in [-0.05, 0) is 67.8 Å². The molecule has 3 aliphatic rings. The van der Waals surface area contributed by atoms with Crippen LogP contribution < -0.4 is 25.2 Å². The monoisotopic (exact) mass is 821 g/mol. The number of sulfonamides is 1. The summed E-state index contributed by atoms with van der Waals surface area (Å²) in [5.41, 5.74) is 3.00. The highest BCUT2D eigenvalue weighted by atomic mass is 32.2. The number of imide groups is 1. The average molecular weight is 822 g/mol. The molecule has 3 aliphatic heterocycles. The third-order valence-electron chi connectivity index (χ3n) is 10.7. The normalized spacial score (nSPS) is 17.7. The van der Waals surface area contributed by atoms with Gasteiger partial charge in [-0.1, -0.05) is 12.1 Å². The van der Waals surface area contributed by atoms with Crippen molar-refractivity contribution in [3.8, 4) is 0 Å². The first-order chi connectivity index (χ1) is 27.5. The molecule has 0 spiro atoms. The molecule has 7 rings (SSSR count). The summed E-state index contributed by atoms with van der Waals surface area (Å²) in [4.78, 5) is 59.6. The number of nitrogens with one attached hydrogen (secondary N) is 3. The Balaban J connectivity index is 0.938. The molecule has 2 fully saturated rings. The molecule has 0 radical (unpaired) electrons. The van der Waals surface area contributed by atoms with Crippen LogP contribution in [-0.4, -0.2) is 101 Å². The summed E-state index contributed by atoms with van der Waals surface area (Å²) < 4.78 is 66.9. The summed E-state index contributed by atoms with van der Waals surface area (Å²) in [6, 6.07) is 13.0. The van der Waals surface area contributed by atoms with Gasteiger partial charge in [-0.3, -0.25) is 33.9 Å². The standard InChI is InChI=1S/C38H42F3N11O5S/c1-49(21-23-4-5-24-22-52(36(55)28(24)18-23)31-10-11-32(53)47-35(31)54)26-12-16-51(17-13-26)27-8-6-25(7-9-27)46-37-45-19-29(38(39,40)41)33(48-37)44-20-30-34(43-15-14-42-30)50(2)58(3,56)57/h4-9,14-15,18-19,26,31H,10-13,16-17,20-22H2,1-3H3,(H,47,53,54)(H2,44,45,46,48). The fourth-order valence-corrected chi connectivity index (χ4v) is 7.89. The zero-order chi connectivity index (χ0) is 41.4. The van der Waals surface area contributed by atoms with E-state index in [0.29, 0.717) is 43.0 Å². The van der Waals surface area contributed by atoms with E-state index in [-0.39, 0.29) is 42.2 Å². The summed E-state index contributed by atoms with van der Waals surface area (Å²) >= 11 is 0. The van der Waals surface area contributed by atoms with Crippen LogP contribution >= 0.6 is 0 Å². The molecule has 2 aromatic carbocycles. The van der Waals surface area contributed by atoms with Gasteiger partial charge >= 0.3 is 6.18 Å². The van der Waals surface area contributed by atoms with Gasteiger partial charge in [0.2, 0.25) is 27.8 Å².